The monoisotopic (exact) mass is 236 g/mol. The van der Waals surface area contributed by atoms with Crippen molar-refractivity contribution in [1.82, 2.24) is 10.2 Å². The molecule has 0 bridgehead atoms. The number of H-pyrrole nitrogens is 1. The van der Waals surface area contributed by atoms with Crippen molar-refractivity contribution < 1.29 is 17.2 Å². The van der Waals surface area contributed by atoms with Crippen LogP contribution in [0.2, 0.25) is 0 Å². The number of hydrogen-bond acceptors (Lipinski definition) is 3. The van der Waals surface area contributed by atoms with Crippen LogP contribution < -0.4 is 0 Å². The zero-order valence-electron chi connectivity index (χ0n) is 8.21. The summed E-state index contributed by atoms with van der Waals surface area (Å²) >= 11 is 0. The highest BCUT2D eigenvalue weighted by Gasteiger charge is 2.48. The van der Waals surface area contributed by atoms with Gasteiger partial charge < -0.3 is 0 Å². The van der Waals surface area contributed by atoms with Crippen LogP contribution >= 0.6 is 0 Å². The largest absolute Gasteiger partial charge is 0.281 e. The summed E-state index contributed by atoms with van der Waals surface area (Å²) in [5.74, 6) is -3.99. The summed E-state index contributed by atoms with van der Waals surface area (Å²) in [6.45, 7) is 1.32. The van der Waals surface area contributed by atoms with Crippen molar-refractivity contribution in [2.24, 2.45) is 0 Å². The van der Waals surface area contributed by atoms with Crippen LogP contribution in [-0.2, 0) is 16.3 Å². The highest BCUT2D eigenvalue weighted by molar-refractivity contribution is 7.90. The van der Waals surface area contributed by atoms with Crippen LogP contribution in [0.5, 0.6) is 0 Å². The molecule has 0 saturated heterocycles. The van der Waals surface area contributed by atoms with Gasteiger partial charge in [-0.3, -0.25) is 5.10 Å². The summed E-state index contributed by atoms with van der Waals surface area (Å²) in [5, 5.41) is 5.70. The molecular formula is C8H10F2N2O2S. The number of rotatable bonds is 1. The van der Waals surface area contributed by atoms with Gasteiger partial charge in [0.05, 0.1) is 12.3 Å². The normalized spacial score (nSPS) is 24.1. The number of aromatic nitrogens is 2. The van der Waals surface area contributed by atoms with E-state index < -0.39 is 28.1 Å². The average Bonchev–Trinajstić information content (AvgIpc) is 2.51. The van der Waals surface area contributed by atoms with Gasteiger partial charge >= 0.3 is 0 Å². The number of aromatic amines is 1. The Kier molecular flexibility index (Phi) is 1.95. The molecular weight excluding hydrogens is 226 g/mol. The Morgan fingerprint density at radius 3 is 2.67 bits per heavy atom. The second-order valence-electron chi connectivity index (χ2n) is 3.85. The molecule has 0 aromatic carbocycles. The Bertz CT molecular complexity index is 507. The Morgan fingerprint density at radius 2 is 2.13 bits per heavy atom. The number of hydrogen-bond donors (Lipinski definition) is 1. The molecule has 1 aliphatic carbocycles. The first-order valence-electron chi connectivity index (χ1n) is 4.38. The Labute approximate surface area is 85.6 Å². The first kappa shape index (κ1) is 10.5. The molecule has 7 heteroatoms. The van der Waals surface area contributed by atoms with E-state index in [0.717, 1.165) is 6.26 Å². The fraction of sp³-hybridized carbons (Fsp3) is 0.625. The first-order chi connectivity index (χ1) is 6.73. The van der Waals surface area contributed by atoms with Gasteiger partial charge in [0.25, 0.3) is 5.92 Å². The SMILES string of the molecule is C[C@H]1c2c(S(C)(=O)=O)n[nH]c2CC1(F)F. The smallest absolute Gasteiger partial charge is 0.260 e. The highest BCUT2D eigenvalue weighted by atomic mass is 32.2. The average molecular weight is 236 g/mol. The van der Waals surface area contributed by atoms with E-state index in [9.17, 15) is 17.2 Å². The molecule has 1 N–H and O–H groups in total. The van der Waals surface area contributed by atoms with Crippen molar-refractivity contribution in [3.8, 4) is 0 Å². The van der Waals surface area contributed by atoms with E-state index >= 15 is 0 Å². The molecule has 0 aliphatic heterocycles. The van der Waals surface area contributed by atoms with Gasteiger partial charge in [-0.25, -0.2) is 17.2 Å². The minimum Gasteiger partial charge on any atom is -0.281 e. The third kappa shape index (κ3) is 1.45. The number of halogens is 2. The summed E-state index contributed by atoms with van der Waals surface area (Å²) < 4.78 is 49.1. The van der Waals surface area contributed by atoms with Crippen LogP contribution in [0, 0.1) is 0 Å². The Morgan fingerprint density at radius 1 is 1.53 bits per heavy atom. The molecule has 84 valence electrons. The minimum absolute atomic E-state index is 0.141. The van der Waals surface area contributed by atoms with Crippen LogP contribution in [0.15, 0.2) is 5.03 Å². The zero-order chi connectivity index (χ0) is 11.4. The second-order valence-corrected chi connectivity index (χ2v) is 5.78. The van der Waals surface area contributed by atoms with Crippen LogP contribution in [0.25, 0.3) is 0 Å². The van der Waals surface area contributed by atoms with Crippen molar-refractivity contribution >= 4 is 9.84 Å². The molecule has 1 aromatic heterocycles. The van der Waals surface area contributed by atoms with Gasteiger partial charge in [0.15, 0.2) is 14.9 Å². The Hall–Kier alpha value is -0.980. The lowest BCUT2D eigenvalue weighted by Gasteiger charge is -2.14. The van der Waals surface area contributed by atoms with Gasteiger partial charge in [0.1, 0.15) is 0 Å². The fourth-order valence-corrected chi connectivity index (χ4v) is 2.74. The van der Waals surface area contributed by atoms with Crippen LogP contribution in [0.3, 0.4) is 0 Å². The molecule has 1 aromatic rings. The van der Waals surface area contributed by atoms with E-state index in [1.54, 1.807) is 0 Å². The van der Waals surface area contributed by atoms with Gasteiger partial charge in [0, 0.05) is 17.5 Å². The topological polar surface area (TPSA) is 62.8 Å². The third-order valence-electron chi connectivity index (χ3n) is 2.68. The maximum Gasteiger partial charge on any atom is 0.260 e. The van der Waals surface area contributed by atoms with Crippen molar-refractivity contribution in [3.63, 3.8) is 0 Å². The number of sulfone groups is 1. The molecule has 0 fully saturated rings. The molecule has 1 atom stereocenters. The van der Waals surface area contributed by atoms with E-state index in [2.05, 4.69) is 10.2 Å². The molecule has 2 rings (SSSR count). The fourth-order valence-electron chi connectivity index (χ4n) is 1.83. The summed E-state index contributed by atoms with van der Waals surface area (Å²) in [4.78, 5) is 0. The maximum absolute atomic E-state index is 13.3. The quantitative estimate of drug-likeness (QED) is 0.794. The molecule has 15 heavy (non-hydrogen) atoms. The summed E-state index contributed by atoms with van der Waals surface area (Å²) in [5.41, 5.74) is 0.371. The first-order valence-corrected chi connectivity index (χ1v) is 6.27. The predicted molar refractivity (Wildman–Crippen MR) is 48.8 cm³/mol. The van der Waals surface area contributed by atoms with E-state index in [1.807, 2.05) is 0 Å². The predicted octanol–water partition coefficient (Wildman–Crippen LogP) is 1.11. The van der Waals surface area contributed by atoms with Crippen LogP contribution in [0.1, 0.15) is 24.1 Å². The number of fused-ring (bicyclic) bond motifs is 1. The molecule has 0 spiro atoms. The molecule has 0 amide bonds. The van der Waals surface area contributed by atoms with Gasteiger partial charge in [-0.2, -0.15) is 5.10 Å². The second kappa shape index (κ2) is 2.78. The van der Waals surface area contributed by atoms with Crippen molar-refractivity contribution in [2.75, 3.05) is 6.26 Å². The molecule has 1 aliphatic rings. The van der Waals surface area contributed by atoms with Gasteiger partial charge in [0.2, 0.25) is 0 Å². The molecule has 4 nitrogen and oxygen atoms in total. The summed E-state index contributed by atoms with van der Waals surface area (Å²) in [7, 11) is -3.54. The van der Waals surface area contributed by atoms with Gasteiger partial charge in [-0.05, 0) is 0 Å². The summed E-state index contributed by atoms with van der Waals surface area (Å²) in [6, 6.07) is 0. The lowest BCUT2D eigenvalue weighted by atomic mass is 10.0. The highest BCUT2D eigenvalue weighted by Crippen LogP contribution is 2.45. The van der Waals surface area contributed by atoms with Gasteiger partial charge in [-0.1, -0.05) is 6.92 Å². The van der Waals surface area contributed by atoms with E-state index in [1.165, 1.54) is 6.92 Å². The van der Waals surface area contributed by atoms with E-state index in [4.69, 9.17) is 0 Å². The Balaban J connectivity index is 2.61. The van der Waals surface area contributed by atoms with Gasteiger partial charge in [-0.15, -0.1) is 0 Å². The minimum atomic E-state index is -3.54. The molecule has 0 radical (unpaired) electrons. The third-order valence-corrected chi connectivity index (χ3v) is 3.69. The number of alkyl halides is 2. The van der Waals surface area contributed by atoms with Crippen LogP contribution in [-0.4, -0.2) is 30.8 Å². The molecule has 0 unspecified atom stereocenters. The van der Waals surface area contributed by atoms with Crippen LogP contribution in [0.4, 0.5) is 8.78 Å². The lowest BCUT2D eigenvalue weighted by molar-refractivity contribution is -0.0113. The van der Waals surface area contributed by atoms with Crippen molar-refractivity contribution in [1.29, 1.82) is 0 Å². The summed E-state index contributed by atoms with van der Waals surface area (Å²) in [6.07, 6.45) is 0.499. The zero-order valence-corrected chi connectivity index (χ0v) is 9.03. The number of nitrogens with zero attached hydrogens (tertiary/aromatic N) is 1. The van der Waals surface area contributed by atoms with Crippen molar-refractivity contribution in [3.05, 3.63) is 11.3 Å². The number of nitrogens with one attached hydrogen (secondary N) is 1. The molecule has 0 saturated carbocycles. The lowest BCUT2D eigenvalue weighted by Crippen LogP contribution is -2.21. The standard InChI is InChI=1S/C8H10F2N2O2S/c1-4-6-5(3-8(4,9)10)11-12-7(6)15(2,13)14/h4H,3H2,1-2H3,(H,11,12)/t4-/m0/s1. The van der Waals surface area contributed by atoms with E-state index in [0.29, 0.717) is 0 Å². The molecule has 1 heterocycles. The van der Waals surface area contributed by atoms with Crippen molar-refractivity contribution in [2.45, 2.75) is 30.2 Å². The van der Waals surface area contributed by atoms with E-state index in [-0.39, 0.29) is 16.3 Å². The maximum atomic E-state index is 13.3.